The van der Waals surface area contributed by atoms with Gasteiger partial charge in [0.05, 0.1) is 0 Å². The average Bonchev–Trinajstić information content (AvgIpc) is 3.00. The quantitative estimate of drug-likeness (QED) is 0.173. The number of aliphatic carboxylic acids is 2. The van der Waals surface area contributed by atoms with E-state index in [2.05, 4.69) is 0 Å². The van der Waals surface area contributed by atoms with E-state index in [1.54, 1.807) is 24.3 Å². The summed E-state index contributed by atoms with van der Waals surface area (Å²) in [5.74, 6) is -2.81. The number of aliphatic hydroxyl groups excluding tert-OH is 1. The fourth-order valence-electron chi connectivity index (χ4n) is 4.16. The van der Waals surface area contributed by atoms with Crippen molar-refractivity contribution in [2.45, 2.75) is 18.1 Å². The van der Waals surface area contributed by atoms with Gasteiger partial charge in [0.25, 0.3) is 0 Å². The first-order valence-corrected chi connectivity index (χ1v) is 12.9. The van der Waals surface area contributed by atoms with Gasteiger partial charge in [0.2, 0.25) is 0 Å². The molecular formula is C35H32O6. The smallest absolute Gasteiger partial charge is 0.315 e. The molecule has 5 aromatic rings. The first-order chi connectivity index (χ1) is 19.9. The second kappa shape index (κ2) is 16.2. The number of hydrogen-bond donors (Lipinski definition) is 4. The third-order valence-electron chi connectivity index (χ3n) is 6.12. The van der Waals surface area contributed by atoms with Crippen LogP contribution in [-0.4, -0.2) is 32.4 Å². The molecule has 0 aromatic heterocycles. The highest BCUT2D eigenvalue weighted by Gasteiger charge is 2.22. The minimum absolute atomic E-state index is 0.525. The summed E-state index contributed by atoms with van der Waals surface area (Å²) in [6.07, 6.45) is -1.34. The molecule has 0 amide bonds. The molecule has 41 heavy (non-hydrogen) atoms. The van der Waals surface area contributed by atoms with Crippen molar-refractivity contribution in [1.82, 2.24) is 0 Å². The highest BCUT2D eigenvalue weighted by Crippen LogP contribution is 2.25. The Bertz CT molecular complexity index is 1270. The summed E-state index contributed by atoms with van der Waals surface area (Å²) in [6, 6.07) is 45.7. The molecule has 5 rings (SSSR count). The molecule has 0 aliphatic rings. The Kier molecular flexibility index (Phi) is 12.0. The van der Waals surface area contributed by atoms with Crippen molar-refractivity contribution in [3.05, 3.63) is 179 Å². The van der Waals surface area contributed by atoms with E-state index in [-0.39, 0.29) is 0 Å². The topological polar surface area (TPSA) is 115 Å². The van der Waals surface area contributed by atoms with Gasteiger partial charge in [-0.15, -0.1) is 0 Å². The van der Waals surface area contributed by atoms with Crippen LogP contribution in [0.4, 0.5) is 0 Å². The number of carboxylic acid groups (broad SMARTS) is 2. The van der Waals surface area contributed by atoms with Crippen molar-refractivity contribution >= 4 is 11.9 Å². The minimum atomic E-state index is -1.34. The Balaban J connectivity index is 0.000000176. The molecule has 0 saturated heterocycles. The Morgan fingerprint density at radius 3 is 0.707 bits per heavy atom. The van der Waals surface area contributed by atoms with Gasteiger partial charge in [-0.2, -0.15) is 0 Å². The molecule has 5 aromatic carbocycles. The zero-order valence-corrected chi connectivity index (χ0v) is 22.3. The van der Waals surface area contributed by atoms with E-state index in [9.17, 15) is 19.8 Å². The lowest BCUT2D eigenvalue weighted by atomic mass is 9.92. The Morgan fingerprint density at radius 1 is 0.366 bits per heavy atom. The van der Waals surface area contributed by atoms with E-state index in [1.165, 1.54) is 0 Å². The maximum absolute atomic E-state index is 11.3. The Labute approximate surface area is 239 Å². The number of aliphatic hydroxyl groups is 2. The third-order valence-corrected chi connectivity index (χ3v) is 6.12. The van der Waals surface area contributed by atoms with Crippen LogP contribution in [0.5, 0.6) is 0 Å². The van der Waals surface area contributed by atoms with Crippen molar-refractivity contribution in [2.75, 3.05) is 0 Å². The number of carboxylic acids is 2. The molecular weight excluding hydrogens is 516 g/mol. The first kappa shape index (κ1) is 30.5. The lowest BCUT2D eigenvalue weighted by Gasteiger charge is -2.12. The number of carbonyl (C=O) groups is 2. The molecule has 0 fully saturated rings. The maximum atomic E-state index is 11.3. The van der Waals surface area contributed by atoms with E-state index in [1.807, 2.05) is 127 Å². The maximum Gasteiger partial charge on any atom is 0.315 e. The van der Waals surface area contributed by atoms with Gasteiger partial charge in [-0.3, -0.25) is 9.59 Å². The Morgan fingerprint density at radius 2 is 0.561 bits per heavy atom. The predicted octanol–water partition coefficient (Wildman–Crippen LogP) is 6.48. The van der Waals surface area contributed by atoms with Gasteiger partial charge in [-0.05, 0) is 22.3 Å². The van der Waals surface area contributed by atoms with Gasteiger partial charge in [0, 0.05) is 5.56 Å². The van der Waals surface area contributed by atoms with Crippen molar-refractivity contribution in [2.24, 2.45) is 0 Å². The normalized spacial score (nSPS) is 10.3. The molecule has 0 unspecified atom stereocenters. The molecule has 0 aliphatic carbocycles. The second-order valence-electron chi connectivity index (χ2n) is 8.97. The van der Waals surface area contributed by atoms with Gasteiger partial charge in [-0.1, -0.05) is 152 Å². The van der Waals surface area contributed by atoms with Crippen LogP contribution in [0.25, 0.3) is 0 Å². The lowest BCUT2D eigenvalue weighted by Crippen LogP contribution is -2.12. The molecule has 0 bridgehead atoms. The molecule has 0 aliphatic heterocycles. The second-order valence-corrected chi connectivity index (χ2v) is 8.97. The van der Waals surface area contributed by atoms with E-state index in [4.69, 9.17) is 10.2 Å². The monoisotopic (exact) mass is 548 g/mol. The van der Waals surface area contributed by atoms with Crippen molar-refractivity contribution in [1.29, 1.82) is 0 Å². The SMILES string of the molecule is O=C(O)C(c1ccccc1)c1ccccc1.O=C(O)C(c1ccccc1)c1ccccc1.OC(O)c1ccccc1. The van der Waals surface area contributed by atoms with Gasteiger partial charge in [0.1, 0.15) is 11.8 Å². The predicted molar refractivity (Wildman–Crippen MR) is 158 cm³/mol. The summed E-state index contributed by atoms with van der Waals surface area (Å²) >= 11 is 0. The van der Waals surface area contributed by atoms with Crippen molar-refractivity contribution in [3.63, 3.8) is 0 Å². The van der Waals surface area contributed by atoms with Crippen LogP contribution in [0.1, 0.15) is 45.9 Å². The number of rotatable bonds is 7. The summed E-state index contributed by atoms with van der Waals surface area (Å²) in [5, 5.41) is 35.7. The van der Waals surface area contributed by atoms with Crippen molar-refractivity contribution in [3.8, 4) is 0 Å². The van der Waals surface area contributed by atoms with Crippen LogP contribution in [0.15, 0.2) is 152 Å². The van der Waals surface area contributed by atoms with Crippen LogP contribution in [0.2, 0.25) is 0 Å². The number of hydrogen-bond acceptors (Lipinski definition) is 4. The fraction of sp³-hybridized carbons (Fsp3) is 0.0857. The molecule has 4 N–H and O–H groups in total. The first-order valence-electron chi connectivity index (χ1n) is 12.9. The van der Waals surface area contributed by atoms with Gasteiger partial charge < -0.3 is 20.4 Å². The van der Waals surface area contributed by atoms with E-state index < -0.39 is 30.1 Å². The van der Waals surface area contributed by atoms with Crippen LogP contribution >= 0.6 is 0 Å². The van der Waals surface area contributed by atoms with Gasteiger partial charge in [-0.25, -0.2) is 0 Å². The van der Waals surface area contributed by atoms with E-state index in [0.717, 1.165) is 22.3 Å². The molecule has 208 valence electrons. The standard InChI is InChI=1S/2C14H12O2.C7H8O2/c2*15-14(16)13(11-7-3-1-4-8-11)12-9-5-2-6-10-12;8-7(9)6-4-2-1-3-5-6/h2*1-10,13H,(H,15,16);1-5,7-9H. The zero-order valence-electron chi connectivity index (χ0n) is 22.3. The number of benzene rings is 5. The zero-order chi connectivity index (χ0) is 29.5. The molecule has 0 heterocycles. The molecule has 6 nitrogen and oxygen atoms in total. The minimum Gasteiger partial charge on any atom is -0.481 e. The van der Waals surface area contributed by atoms with E-state index in [0.29, 0.717) is 5.56 Å². The fourth-order valence-corrected chi connectivity index (χ4v) is 4.16. The van der Waals surface area contributed by atoms with Crippen LogP contribution in [-0.2, 0) is 9.59 Å². The molecule has 0 atom stereocenters. The largest absolute Gasteiger partial charge is 0.481 e. The lowest BCUT2D eigenvalue weighted by molar-refractivity contribution is -0.138. The van der Waals surface area contributed by atoms with Crippen LogP contribution in [0, 0.1) is 0 Å². The highest BCUT2D eigenvalue weighted by atomic mass is 16.5. The molecule has 0 spiro atoms. The van der Waals surface area contributed by atoms with E-state index >= 15 is 0 Å². The van der Waals surface area contributed by atoms with Crippen molar-refractivity contribution < 1.29 is 30.0 Å². The summed E-state index contributed by atoms with van der Waals surface area (Å²) in [7, 11) is 0. The van der Waals surface area contributed by atoms with Crippen LogP contribution < -0.4 is 0 Å². The Hall–Kier alpha value is -5.04. The van der Waals surface area contributed by atoms with Gasteiger partial charge in [0.15, 0.2) is 6.29 Å². The summed E-state index contributed by atoms with van der Waals surface area (Å²) in [6.45, 7) is 0. The molecule has 0 saturated carbocycles. The van der Waals surface area contributed by atoms with Crippen LogP contribution in [0.3, 0.4) is 0 Å². The summed E-state index contributed by atoms with van der Waals surface area (Å²) in [4.78, 5) is 22.6. The average molecular weight is 549 g/mol. The van der Waals surface area contributed by atoms with Gasteiger partial charge >= 0.3 is 11.9 Å². The summed E-state index contributed by atoms with van der Waals surface area (Å²) in [5.41, 5.74) is 3.75. The third kappa shape index (κ3) is 9.58. The summed E-state index contributed by atoms with van der Waals surface area (Å²) < 4.78 is 0. The molecule has 0 radical (unpaired) electrons. The molecule has 6 heteroatoms. The highest BCUT2D eigenvalue weighted by molar-refractivity contribution is 5.81.